The van der Waals surface area contributed by atoms with Crippen molar-refractivity contribution in [1.29, 1.82) is 0 Å². The van der Waals surface area contributed by atoms with Gasteiger partial charge in [0.15, 0.2) is 5.65 Å². The summed E-state index contributed by atoms with van der Waals surface area (Å²) in [7, 11) is 0. The Hall–Kier alpha value is -3.26. The van der Waals surface area contributed by atoms with E-state index in [0.29, 0.717) is 24.6 Å². The van der Waals surface area contributed by atoms with Crippen LogP contribution in [0.3, 0.4) is 0 Å². The number of amides is 1. The van der Waals surface area contributed by atoms with Crippen LogP contribution in [0.5, 0.6) is 0 Å². The molecule has 2 N–H and O–H groups in total. The van der Waals surface area contributed by atoms with Crippen LogP contribution in [-0.2, 0) is 6.54 Å². The fourth-order valence-corrected chi connectivity index (χ4v) is 3.94. The van der Waals surface area contributed by atoms with Crippen LogP contribution in [0.25, 0.3) is 22.1 Å². The molecule has 0 unspecified atom stereocenters. The van der Waals surface area contributed by atoms with Crippen molar-refractivity contribution in [3.05, 3.63) is 53.7 Å². The van der Waals surface area contributed by atoms with Crippen LogP contribution >= 0.6 is 0 Å². The van der Waals surface area contributed by atoms with E-state index in [1.165, 1.54) is 0 Å². The van der Waals surface area contributed by atoms with Crippen LogP contribution in [0.15, 0.2) is 41.1 Å². The predicted molar refractivity (Wildman–Crippen MR) is 109 cm³/mol. The number of nitrogens with one attached hydrogen (secondary N) is 2. The Morgan fingerprint density at radius 1 is 1.31 bits per heavy atom. The summed E-state index contributed by atoms with van der Waals surface area (Å²) in [5, 5.41) is 12.0. The Morgan fingerprint density at radius 2 is 2.21 bits per heavy atom. The van der Waals surface area contributed by atoms with Crippen LogP contribution in [0, 0.1) is 6.92 Å². The van der Waals surface area contributed by atoms with E-state index in [4.69, 9.17) is 9.52 Å². The number of fused-ring (bicyclic) bond motifs is 2. The van der Waals surface area contributed by atoms with Crippen LogP contribution < -0.4 is 10.6 Å². The van der Waals surface area contributed by atoms with E-state index in [9.17, 15) is 4.79 Å². The number of nitrogens with zero attached hydrogens (tertiary/aromatic N) is 4. The van der Waals surface area contributed by atoms with Crippen molar-refractivity contribution in [1.82, 2.24) is 30.4 Å². The minimum Gasteiger partial charge on any atom is -0.461 e. The fourth-order valence-electron chi connectivity index (χ4n) is 3.94. The molecule has 4 aromatic rings. The lowest BCUT2D eigenvalue weighted by molar-refractivity contribution is 0.0952. The first-order valence-corrected chi connectivity index (χ1v) is 9.85. The smallest absolute Gasteiger partial charge is 0.251 e. The molecule has 1 atom stereocenters. The summed E-state index contributed by atoms with van der Waals surface area (Å²) in [4.78, 5) is 21.5. The number of benzene rings is 1. The van der Waals surface area contributed by atoms with Gasteiger partial charge in [-0.2, -0.15) is 5.10 Å². The second-order valence-corrected chi connectivity index (χ2v) is 7.39. The quantitative estimate of drug-likeness (QED) is 0.543. The first kappa shape index (κ1) is 17.8. The third-order valence-electron chi connectivity index (χ3n) is 5.35. The maximum atomic E-state index is 12.6. The molecule has 8 heteroatoms. The largest absolute Gasteiger partial charge is 0.461 e. The summed E-state index contributed by atoms with van der Waals surface area (Å²) >= 11 is 0. The number of hydrogen-bond acceptors (Lipinski definition) is 6. The monoisotopic (exact) mass is 390 g/mol. The molecule has 1 fully saturated rings. The molecule has 1 aromatic carbocycles. The average Bonchev–Trinajstić information content (AvgIpc) is 3.45. The minimum absolute atomic E-state index is 0.117. The first-order valence-electron chi connectivity index (χ1n) is 9.85. The summed E-state index contributed by atoms with van der Waals surface area (Å²) in [6, 6.07) is 7.39. The van der Waals surface area contributed by atoms with Gasteiger partial charge < -0.3 is 15.1 Å². The zero-order valence-corrected chi connectivity index (χ0v) is 16.2. The molecule has 0 bridgehead atoms. The Morgan fingerprint density at radius 3 is 3.07 bits per heavy atom. The van der Waals surface area contributed by atoms with Gasteiger partial charge in [-0.15, -0.1) is 0 Å². The number of aryl methyl sites for hydroxylation is 1. The lowest BCUT2D eigenvalue weighted by atomic mass is 10.0. The summed E-state index contributed by atoms with van der Waals surface area (Å²) in [5.41, 5.74) is 4.01. The molecule has 0 spiro atoms. The van der Waals surface area contributed by atoms with E-state index in [0.717, 1.165) is 53.1 Å². The van der Waals surface area contributed by atoms with Gasteiger partial charge in [-0.05, 0) is 44.2 Å². The molecular formula is C21H22N6O2. The Bertz CT molecular complexity index is 1190. The van der Waals surface area contributed by atoms with Crippen LogP contribution in [0.2, 0.25) is 0 Å². The molecule has 29 heavy (non-hydrogen) atoms. The first-order chi connectivity index (χ1) is 14.2. The van der Waals surface area contributed by atoms with Crippen molar-refractivity contribution in [2.75, 3.05) is 19.6 Å². The number of furan rings is 1. The van der Waals surface area contributed by atoms with Gasteiger partial charge in [0.2, 0.25) is 0 Å². The zero-order valence-electron chi connectivity index (χ0n) is 16.2. The van der Waals surface area contributed by atoms with Crippen LogP contribution in [-0.4, -0.2) is 45.3 Å². The van der Waals surface area contributed by atoms with E-state index in [-0.39, 0.29) is 5.91 Å². The highest BCUT2D eigenvalue weighted by Crippen LogP contribution is 2.26. The van der Waals surface area contributed by atoms with Crippen molar-refractivity contribution in [2.24, 2.45) is 0 Å². The van der Waals surface area contributed by atoms with Crippen molar-refractivity contribution in [3.8, 4) is 0 Å². The molecule has 8 nitrogen and oxygen atoms in total. The molecule has 1 amide bonds. The van der Waals surface area contributed by atoms with Crippen LogP contribution in [0.4, 0.5) is 0 Å². The Labute approximate surface area is 167 Å². The topological polar surface area (TPSA) is 97.9 Å². The Kier molecular flexibility index (Phi) is 4.48. The van der Waals surface area contributed by atoms with Gasteiger partial charge in [-0.25, -0.2) is 14.6 Å². The van der Waals surface area contributed by atoms with Gasteiger partial charge in [0.25, 0.3) is 5.91 Å². The third-order valence-corrected chi connectivity index (χ3v) is 5.35. The molecule has 4 heterocycles. The van der Waals surface area contributed by atoms with E-state index in [1.54, 1.807) is 18.5 Å². The molecule has 3 aromatic heterocycles. The summed E-state index contributed by atoms with van der Waals surface area (Å²) in [6.45, 7) is 4.79. The zero-order chi connectivity index (χ0) is 19.8. The summed E-state index contributed by atoms with van der Waals surface area (Å²) in [5.74, 6) is 1.07. The molecule has 148 valence electrons. The van der Waals surface area contributed by atoms with Crippen LogP contribution in [0.1, 0.15) is 34.2 Å². The van der Waals surface area contributed by atoms with E-state index in [1.807, 2.05) is 29.8 Å². The Balaban J connectivity index is 1.30. The van der Waals surface area contributed by atoms with Crippen molar-refractivity contribution < 1.29 is 9.21 Å². The number of aromatic nitrogens is 4. The molecule has 0 saturated carbocycles. The van der Waals surface area contributed by atoms with Gasteiger partial charge in [0.1, 0.15) is 16.9 Å². The third kappa shape index (κ3) is 3.36. The average molecular weight is 390 g/mol. The standard InChI is InChI=1S/C21H22N6O2/c1-13-10-16-11-14(2-3-17(16)29-13)21(28)25-8-9-27-20-19(23-6-7-24-20)18(26-27)15-4-5-22-12-15/h2-3,6-7,10-11,15,22H,4-5,8-9,12H2,1H3,(H,25,28)/t15-/m0/s1. The molecule has 0 radical (unpaired) electrons. The molecular weight excluding hydrogens is 368 g/mol. The maximum Gasteiger partial charge on any atom is 0.251 e. The summed E-state index contributed by atoms with van der Waals surface area (Å²) < 4.78 is 7.41. The van der Waals surface area contributed by atoms with E-state index >= 15 is 0 Å². The molecule has 1 aliphatic heterocycles. The highest BCUT2D eigenvalue weighted by Gasteiger charge is 2.24. The number of carbonyl (C=O) groups excluding carboxylic acids is 1. The van der Waals surface area contributed by atoms with Gasteiger partial charge in [-0.1, -0.05) is 0 Å². The van der Waals surface area contributed by atoms with Gasteiger partial charge in [0.05, 0.1) is 12.2 Å². The molecule has 5 rings (SSSR count). The maximum absolute atomic E-state index is 12.6. The number of hydrogen-bond donors (Lipinski definition) is 2. The highest BCUT2D eigenvalue weighted by molar-refractivity contribution is 5.97. The molecule has 1 aliphatic rings. The van der Waals surface area contributed by atoms with Gasteiger partial charge in [0, 0.05) is 42.4 Å². The lowest BCUT2D eigenvalue weighted by Crippen LogP contribution is -2.27. The highest BCUT2D eigenvalue weighted by atomic mass is 16.3. The number of carbonyl (C=O) groups is 1. The van der Waals surface area contributed by atoms with Crippen molar-refractivity contribution >= 4 is 28.0 Å². The second-order valence-electron chi connectivity index (χ2n) is 7.39. The summed E-state index contributed by atoms with van der Waals surface area (Å²) in [6.07, 6.45) is 4.43. The normalized spacial score (nSPS) is 16.7. The SMILES string of the molecule is Cc1cc2cc(C(=O)NCCn3nc([C@H]4CCNC4)c4nccnc43)ccc2o1. The lowest BCUT2D eigenvalue weighted by Gasteiger charge is -2.06. The van der Waals surface area contributed by atoms with Crippen molar-refractivity contribution in [2.45, 2.75) is 25.8 Å². The number of rotatable bonds is 5. The molecule has 0 aliphatic carbocycles. The van der Waals surface area contributed by atoms with Gasteiger partial charge in [-0.3, -0.25) is 4.79 Å². The van der Waals surface area contributed by atoms with Crippen molar-refractivity contribution in [3.63, 3.8) is 0 Å². The van der Waals surface area contributed by atoms with E-state index < -0.39 is 0 Å². The fraction of sp³-hybridized carbons (Fsp3) is 0.333. The predicted octanol–water partition coefficient (Wildman–Crippen LogP) is 2.39. The van der Waals surface area contributed by atoms with Gasteiger partial charge >= 0.3 is 0 Å². The molecule has 1 saturated heterocycles. The second kappa shape index (κ2) is 7.29. The minimum atomic E-state index is -0.117. The van der Waals surface area contributed by atoms with E-state index in [2.05, 4.69) is 20.6 Å².